The lowest BCUT2D eigenvalue weighted by Gasteiger charge is -2.25. The van der Waals surface area contributed by atoms with E-state index < -0.39 is 5.41 Å². The Morgan fingerprint density at radius 3 is 2.20 bits per heavy atom. The van der Waals surface area contributed by atoms with Crippen molar-refractivity contribution in [3.8, 4) is 0 Å². The lowest BCUT2D eigenvalue weighted by atomic mass is 9.76. The molecule has 0 radical (unpaired) electrons. The standard InChI is InChI=1S/C18H18OS/c1-4-18(2,15-8-6-5-7-9-15)17(19)14-10-12-16(20-3)13-11-14/h4-13H,1H2,2-3H3. The number of carbonyl (C=O) groups excluding carboxylic acids is 1. The maximum absolute atomic E-state index is 12.8. The highest BCUT2D eigenvalue weighted by atomic mass is 32.2. The number of Topliss-reactive ketones (excluding diaryl/α,β-unsaturated/α-hetero) is 1. The predicted molar refractivity (Wildman–Crippen MR) is 86.5 cm³/mol. The van der Waals surface area contributed by atoms with Crippen molar-refractivity contribution in [1.82, 2.24) is 0 Å². The van der Waals surface area contributed by atoms with Crippen LogP contribution in [0.5, 0.6) is 0 Å². The van der Waals surface area contributed by atoms with E-state index in [-0.39, 0.29) is 5.78 Å². The monoisotopic (exact) mass is 282 g/mol. The van der Waals surface area contributed by atoms with Crippen molar-refractivity contribution < 1.29 is 4.79 Å². The van der Waals surface area contributed by atoms with Gasteiger partial charge in [-0.05, 0) is 30.9 Å². The molecule has 102 valence electrons. The molecule has 0 saturated carbocycles. The van der Waals surface area contributed by atoms with Crippen molar-refractivity contribution in [2.75, 3.05) is 6.26 Å². The zero-order chi connectivity index (χ0) is 14.6. The van der Waals surface area contributed by atoms with Gasteiger partial charge in [-0.3, -0.25) is 4.79 Å². The molecular weight excluding hydrogens is 264 g/mol. The first-order chi connectivity index (χ1) is 9.61. The number of benzene rings is 2. The van der Waals surface area contributed by atoms with Crippen LogP contribution < -0.4 is 0 Å². The quantitative estimate of drug-likeness (QED) is 0.448. The Morgan fingerprint density at radius 2 is 1.70 bits per heavy atom. The van der Waals surface area contributed by atoms with Gasteiger partial charge in [0.15, 0.2) is 5.78 Å². The van der Waals surface area contributed by atoms with E-state index in [9.17, 15) is 4.79 Å². The number of allylic oxidation sites excluding steroid dienone is 1. The molecule has 0 heterocycles. The van der Waals surface area contributed by atoms with Gasteiger partial charge in [-0.1, -0.05) is 48.5 Å². The summed E-state index contributed by atoms with van der Waals surface area (Å²) in [6.45, 7) is 5.78. The minimum atomic E-state index is -0.692. The van der Waals surface area contributed by atoms with Crippen molar-refractivity contribution in [1.29, 1.82) is 0 Å². The molecule has 2 heteroatoms. The maximum Gasteiger partial charge on any atom is 0.176 e. The number of rotatable bonds is 5. The molecule has 1 nitrogen and oxygen atoms in total. The number of thioether (sulfide) groups is 1. The van der Waals surface area contributed by atoms with Crippen LogP contribution in [0.15, 0.2) is 72.1 Å². The van der Waals surface area contributed by atoms with Gasteiger partial charge in [0.05, 0.1) is 5.41 Å². The first-order valence-corrected chi connectivity index (χ1v) is 7.72. The van der Waals surface area contributed by atoms with E-state index >= 15 is 0 Å². The van der Waals surface area contributed by atoms with Crippen LogP contribution in [0.2, 0.25) is 0 Å². The van der Waals surface area contributed by atoms with Crippen molar-refractivity contribution in [2.24, 2.45) is 0 Å². The largest absolute Gasteiger partial charge is 0.293 e. The molecule has 1 atom stereocenters. The average molecular weight is 282 g/mol. The number of ketones is 1. The van der Waals surface area contributed by atoms with Gasteiger partial charge in [0.25, 0.3) is 0 Å². The van der Waals surface area contributed by atoms with E-state index in [1.807, 2.05) is 67.8 Å². The van der Waals surface area contributed by atoms with E-state index in [1.54, 1.807) is 17.8 Å². The highest BCUT2D eigenvalue weighted by Gasteiger charge is 2.32. The Kier molecular flexibility index (Phi) is 4.46. The molecule has 0 aliphatic rings. The first-order valence-electron chi connectivity index (χ1n) is 6.50. The van der Waals surface area contributed by atoms with Crippen LogP contribution >= 0.6 is 11.8 Å². The summed E-state index contributed by atoms with van der Waals surface area (Å²) in [5.41, 5.74) is 0.991. The van der Waals surface area contributed by atoms with Crippen molar-refractivity contribution in [3.05, 3.63) is 78.4 Å². The molecule has 0 aliphatic carbocycles. The maximum atomic E-state index is 12.8. The number of hydrogen-bond acceptors (Lipinski definition) is 2. The van der Waals surface area contributed by atoms with Crippen LogP contribution in [-0.2, 0) is 5.41 Å². The van der Waals surface area contributed by atoms with Crippen LogP contribution in [0.25, 0.3) is 0 Å². The van der Waals surface area contributed by atoms with Crippen molar-refractivity contribution in [3.63, 3.8) is 0 Å². The van der Waals surface area contributed by atoms with E-state index in [0.717, 1.165) is 10.5 Å². The lowest BCUT2D eigenvalue weighted by molar-refractivity contribution is 0.0927. The number of carbonyl (C=O) groups is 1. The molecule has 0 bridgehead atoms. The van der Waals surface area contributed by atoms with Gasteiger partial charge in [0.1, 0.15) is 0 Å². The SMILES string of the molecule is C=CC(C)(C(=O)c1ccc(SC)cc1)c1ccccc1. The minimum Gasteiger partial charge on any atom is -0.293 e. The van der Waals surface area contributed by atoms with E-state index in [0.29, 0.717) is 5.56 Å². The summed E-state index contributed by atoms with van der Waals surface area (Å²) in [6, 6.07) is 17.5. The molecule has 0 spiro atoms. The third-order valence-electron chi connectivity index (χ3n) is 3.61. The van der Waals surface area contributed by atoms with Crippen LogP contribution in [0.1, 0.15) is 22.8 Å². The average Bonchev–Trinajstić information content (AvgIpc) is 2.54. The molecular formula is C18H18OS. The zero-order valence-corrected chi connectivity index (χ0v) is 12.6. The summed E-state index contributed by atoms with van der Waals surface area (Å²) in [4.78, 5) is 14.0. The van der Waals surface area contributed by atoms with Gasteiger partial charge in [0.2, 0.25) is 0 Å². The molecule has 2 aromatic rings. The van der Waals surface area contributed by atoms with Gasteiger partial charge in [0, 0.05) is 10.5 Å². The zero-order valence-electron chi connectivity index (χ0n) is 11.8. The van der Waals surface area contributed by atoms with E-state index in [2.05, 4.69) is 6.58 Å². The Balaban J connectivity index is 2.40. The molecule has 0 aliphatic heterocycles. The van der Waals surface area contributed by atoms with E-state index in [1.165, 1.54) is 0 Å². The summed E-state index contributed by atoms with van der Waals surface area (Å²) in [6.07, 6.45) is 3.75. The molecule has 0 saturated heterocycles. The lowest BCUT2D eigenvalue weighted by Crippen LogP contribution is -2.30. The summed E-state index contributed by atoms with van der Waals surface area (Å²) >= 11 is 1.67. The van der Waals surface area contributed by atoms with Crippen molar-refractivity contribution in [2.45, 2.75) is 17.2 Å². The fourth-order valence-corrected chi connectivity index (χ4v) is 2.58. The van der Waals surface area contributed by atoms with Crippen LogP contribution in [-0.4, -0.2) is 12.0 Å². The Bertz CT molecular complexity index is 601. The smallest absolute Gasteiger partial charge is 0.176 e. The summed E-state index contributed by atoms with van der Waals surface area (Å²) in [7, 11) is 0. The summed E-state index contributed by atoms with van der Waals surface area (Å²) in [5.74, 6) is 0.0753. The Morgan fingerprint density at radius 1 is 1.10 bits per heavy atom. The second-order valence-corrected chi connectivity index (χ2v) is 5.71. The molecule has 0 aromatic heterocycles. The fourth-order valence-electron chi connectivity index (χ4n) is 2.17. The van der Waals surface area contributed by atoms with Crippen LogP contribution in [0.4, 0.5) is 0 Å². The van der Waals surface area contributed by atoms with Gasteiger partial charge >= 0.3 is 0 Å². The second-order valence-electron chi connectivity index (χ2n) is 4.83. The normalized spacial score (nSPS) is 13.5. The minimum absolute atomic E-state index is 0.0753. The molecule has 0 N–H and O–H groups in total. The van der Waals surface area contributed by atoms with Gasteiger partial charge in [-0.15, -0.1) is 18.3 Å². The predicted octanol–water partition coefficient (Wildman–Crippen LogP) is 4.74. The summed E-state index contributed by atoms with van der Waals surface area (Å²) < 4.78 is 0. The highest BCUT2D eigenvalue weighted by molar-refractivity contribution is 7.98. The first kappa shape index (κ1) is 14.6. The number of hydrogen-bond donors (Lipinski definition) is 0. The third-order valence-corrected chi connectivity index (χ3v) is 4.35. The molecule has 2 aromatic carbocycles. The highest BCUT2D eigenvalue weighted by Crippen LogP contribution is 2.30. The van der Waals surface area contributed by atoms with Crippen molar-refractivity contribution >= 4 is 17.5 Å². The third kappa shape index (κ3) is 2.70. The van der Waals surface area contributed by atoms with Gasteiger partial charge < -0.3 is 0 Å². The second kappa shape index (κ2) is 6.10. The Labute approximate surface area is 124 Å². The van der Waals surface area contributed by atoms with Gasteiger partial charge in [-0.25, -0.2) is 0 Å². The summed E-state index contributed by atoms with van der Waals surface area (Å²) in [5, 5.41) is 0. The molecule has 2 rings (SSSR count). The molecule has 20 heavy (non-hydrogen) atoms. The molecule has 0 amide bonds. The van der Waals surface area contributed by atoms with Crippen LogP contribution in [0.3, 0.4) is 0 Å². The van der Waals surface area contributed by atoms with Gasteiger partial charge in [-0.2, -0.15) is 0 Å². The Hall–Kier alpha value is -1.80. The topological polar surface area (TPSA) is 17.1 Å². The van der Waals surface area contributed by atoms with Crippen LogP contribution in [0, 0.1) is 0 Å². The molecule has 0 fully saturated rings. The molecule has 1 unspecified atom stereocenters. The van der Waals surface area contributed by atoms with E-state index in [4.69, 9.17) is 0 Å². The fraction of sp³-hybridized carbons (Fsp3) is 0.167.